The average Bonchev–Trinajstić information content (AvgIpc) is 2.81. The van der Waals surface area contributed by atoms with E-state index in [9.17, 15) is 19.5 Å². The van der Waals surface area contributed by atoms with Crippen LogP contribution < -0.4 is 4.90 Å². The Bertz CT molecular complexity index is 842. The fourth-order valence-corrected chi connectivity index (χ4v) is 3.86. The topological polar surface area (TPSA) is 87.6 Å². The first-order chi connectivity index (χ1) is 11.5. The quantitative estimate of drug-likeness (QED) is 0.785. The number of carboxylic acids is 1. The van der Waals surface area contributed by atoms with Gasteiger partial charge in [0.05, 0.1) is 16.5 Å². The van der Waals surface area contributed by atoms with Gasteiger partial charge >= 0.3 is 5.97 Å². The molecule has 0 saturated carbocycles. The lowest BCUT2D eigenvalue weighted by atomic mass is 10.3. The first-order valence-corrected chi connectivity index (χ1v) is 8.62. The zero-order valence-electron chi connectivity index (χ0n) is 12.2. The van der Waals surface area contributed by atoms with Crippen LogP contribution >= 0.6 is 27.7 Å². The minimum Gasteiger partial charge on any atom is -0.478 e. The summed E-state index contributed by atoms with van der Waals surface area (Å²) in [6.45, 7) is 0. The fraction of sp³-hybridized carbons (Fsp3) is 0.125. The Kier molecular flexibility index (Phi) is 4.68. The highest BCUT2D eigenvalue weighted by Gasteiger charge is 2.40. The summed E-state index contributed by atoms with van der Waals surface area (Å²) in [5.41, 5.74) is 0.505. The second-order valence-electron chi connectivity index (χ2n) is 5.02. The highest BCUT2D eigenvalue weighted by atomic mass is 79.9. The minimum absolute atomic E-state index is 0.00560. The molecule has 2 amide bonds. The number of thioether (sulfide) groups is 1. The summed E-state index contributed by atoms with van der Waals surface area (Å²) >= 11 is 4.32. The van der Waals surface area contributed by atoms with Gasteiger partial charge in [0.2, 0.25) is 11.8 Å². The number of halogens is 1. The SMILES string of the molecule is O=C(O)c1cccnc1S[C@H]1CC(=O)N(c2cccc(Br)c2)C1=O. The maximum absolute atomic E-state index is 12.6. The number of carbonyl (C=O) groups excluding carboxylic acids is 2. The smallest absolute Gasteiger partial charge is 0.338 e. The number of pyridine rings is 1. The van der Waals surface area contributed by atoms with E-state index < -0.39 is 11.2 Å². The molecule has 1 aliphatic rings. The molecule has 0 radical (unpaired) electrons. The molecule has 1 aromatic heterocycles. The van der Waals surface area contributed by atoms with Gasteiger partial charge in [-0.25, -0.2) is 14.7 Å². The fourth-order valence-electron chi connectivity index (χ4n) is 2.36. The number of imide groups is 1. The van der Waals surface area contributed by atoms with Crippen molar-refractivity contribution >= 4 is 51.2 Å². The van der Waals surface area contributed by atoms with E-state index in [1.165, 1.54) is 18.3 Å². The van der Waals surface area contributed by atoms with E-state index in [2.05, 4.69) is 20.9 Å². The van der Waals surface area contributed by atoms with E-state index in [4.69, 9.17) is 0 Å². The monoisotopic (exact) mass is 406 g/mol. The Morgan fingerprint density at radius 3 is 2.79 bits per heavy atom. The lowest BCUT2D eigenvalue weighted by Crippen LogP contribution is -2.31. The average molecular weight is 407 g/mol. The summed E-state index contributed by atoms with van der Waals surface area (Å²) in [6, 6.07) is 9.84. The number of hydrogen-bond donors (Lipinski definition) is 1. The molecule has 0 bridgehead atoms. The van der Waals surface area contributed by atoms with Gasteiger partial charge in [0, 0.05) is 17.1 Å². The molecule has 24 heavy (non-hydrogen) atoms. The Labute approximate surface area is 150 Å². The molecule has 1 N–H and O–H groups in total. The molecule has 1 atom stereocenters. The van der Waals surface area contributed by atoms with Crippen LogP contribution in [0.25, 0.3) is 0 Å². The third kappa shape index (κ3) is 3.20. The van der Waals surface area contributed by atoms with Gasteiger partial charge in [0.1, 0.15) is 5.03 Å². The molecule has 8 heteroatoms. The maximum atomic E-state index is 12.6. The molecule has 1 saturated heterocycles. The summed E-state index contributed by atoms with van der Waals surface area (Å²) in [4.78, 5) is 41.3. The third-order valence-corrected chi connectivity index (χ3v) is 5.12. The van der Waals surface area contributed by atoms with Gasteiger partial charge in [-0.3, -0.25) is 9.59 Å². The summed E-state index contributed by atoms with van der Waals surface area (Å²) in [7, 11) is 0. The molecule has 2 heterocycles. The molecule has 0 spiro atoms. The van der Waals surface area contributed by atoms with Crippen LogP contribution in [0.2, 0.25) is 0 Å². The number of nitrogens with zero attached hydrogens (tertiary/aromatic N) is 2. The van der Waals surface area contributed by atoms with Crippen molar-refractivity contribution < 1.29 is 19.5 Å². The lowest BCUT2D eigenvalue weighted by molar-refractivity contribution is -0.121. The standard InChI is InChI=1S/C16H11BrN2O4S/c17-9-3-1-4-10(7-9)19-13(20)8-12(15(19)21)24-14-11(16(22)23)5-2-6-18-14/h1-7,12H,8H2,(H,22,23)/t12-/m0/s1. The van der Waals surface area contributed by atoms with Crippen LogP contribution in [0.3, 0.4) is 0 Å². The van der Waals surface area contributed by atoms with Crippen LogP contribution in [0, 0.1) is 0 Å². The summed E-state index contributed by atoms with van der Waals surface area (Å²) < 4.78 is 0.759. The lowest BCUT2D eigenvalue weighted by Gasteiger charge is -2.15. The molecular weight excluding hydrogens is 396 g/mol. The highest BCUT2D eigenvalue weighted by molar-refractivity contribution is 9.10. The number of carboxylic acid groups (broad SMARTS) is 1. The largest absolute Gasteiger partial charge is 0.478 e. The molecule has 1 fully saturated rings. The van der Waals surface area contributed by atoms with E-state index in [0.29, 0.717) is 5.69 Å². The number of hydrogen-bond acceptors (Lipinski definition) is 5. The second-order valence-corrected chi connectivity index (χ2v) is 7.13. The number of aromatic nitrogens is 1. The van der Waals surface area contributed by atoms with Gasteiger partial charge in [0.15, 0.2) is 0 Å². The predicted octanol–water partition coefficient (Wildman–Crippen LogP) is 2.97. The van der Waals surface area contributed by atoms with Gasteiger partial charge in [-0.2, -0.15) is 0 Å². The van der Waals surface area contributed by atoms with Crippen LogP contribution in [-0.2, 0) is 9.59 Å². The van der Waals surface area contributed by atoms with Crippen molar-refractivity contribution in [1.82, 2.24) is 4.98 Å². The molecule has 1 aliphatic heterocycles. The number of carbonyl (C=O) groups is 3. The number of benzene rings is 1. The molecule has 1 aromatic carbocycles. The Morgan fingerprint density at radius 2 is 2.08 bits per heavy atom. The molecule has 0 aliphatic carbocycles. The van der Waals surface area contributed by atoms with Crippen molar-refractivity contribution in [3.63, 3.8) is 0 Å². The van der Waals surface area contributed by atoms with Crippen molar-refractivity contribution in [2.45, 2.75) is 16.7 Å². The number of aromatic carboxylic acids is 1. The molecule has 2 aromatic rings. The van der Waals surface area contributed by atoms with Gasteiger partial charge < -0.3 is 5.11 Å². The van der Waals surface area contributed by atoms with E-state index >= 15 is 0 Å². The summed E-state index contributed by atoms with van der Waals surface area (Å²) in [6.07, 6.45) is 1.47. The first-order valence-electron chi connectivity index (χ1n) is 6.94. The Morgan fingerprint density at radius 1 is 1.29 bits per heavy atom. The van der Waals surface area contributed by atoms with Crippen LogP contribution in [0.15, 0.2) is 52.1 Å². The van der Waals surface area contributed by atoms with Crippen LogP contribution in [0.1, 0.15) is 16.8 Å². The first kappa shape index (κ1) is 16.7. The van der Waals surface area contributed by atoms with Gasteiger partial charge in [0.25, 0.3) is 0 Å². The van der Waals surface area contributed by atoms with Crippen molar-refractivity contribution in [2.24, 2.45) is 0 Å². The molecule has 6 nitrogen and oxygen atoms in total. The highest BCUT2D eigenvalue weighted by Crippen LogP contribution is 2.35. The summed E-state index contributed by atoms with van der Waals surface area (Å²) in [5.74, 6) is -1.81. The van der Waals surface area contributed by atoms with Gasteiger partial charge in [-0.15, -0.1) is 0 Å². The maximum Gasteiger partial charge on any atom is 0.338 e. The van der Waals surface area contributed by atoms with Crippen molar-refractivity contribution in [2.75, 3.05) is 4.90 Å². The third-order valence-electron chi connectivity index (χ3n) is 3.43. The van der Waals surface area contributed by atoms with E-state index in [1.807, 2.05) is 0 Å². The number of amides is 2. The zero-order valence-corrected chi connectivity index (χ0v) is 14.6. The Hall–Kier alpha value is -2.19. The van der Waals surface area contributed by atoms with E-state index in [1.54, 1.807) is 24.3 Å². The molecule has 0 unspecified atom stereocenters. The van der Waals surface area contributed by atoms with Crippen molar-refractivity contribution in [1.29, 1.82) is 0 Å². The van der Waals surface area contributed by atoms with Gasteiger partial charge in [-0.1, -0.05) is 33.8 Å². The van der Waals surface area contributed by atoms with Crippen molar-refractivity contribution in [3.8, 4) is 0 Å². The predicted molar refractivity (Wildman–Crippen MR) is 92.1 cm³/mol. The Balaban J connectivity index is 1.86. The van der Waals surface area contributed by atoms with E-state index in [0.717, 1.165) is 21.1 Å². The van der Waals surface area contributed by atoms with Crippen LogP contribution in [-0.4, -0.2) is 33.1 Å². The van der Waals surface area contributed by atoms with Gasteiger partial charge in [-0.05, 0) is 30.3 Å². The summed E-state index contributed by atoms with van der Waals surface area (Å²) in [5, 5.41) is 8.74. The number of anilines is 1. The van der Waals surface area contributed by atoms with Crippen LogP contribution in [0.5, 0.6) is 0 Å². The molecule has 122 valence electrons. The zero-order chi connectivity index (χ0) is 17.3. The van der Waals surface area contributed by atoms with Crippen molar-refractivity contribution in [3.05, 3.63) is 52.6 Å². The number of rotatable bonds is 4. The van der Waals surface area contributed by atoms with E-state index in [-0.39, 0.29) is 28.8 Å². The minimum atomic E-state index is -1.12. The molecular formula is C16H11BrN2O4S. The second kappa shape index (κ2) is 6.74. The molecule has 3 rings (SSSR count). The van der Waals surface area contributed by atoms with Crippen LogP contribution in [0.4, 0.5) is 5.69 Å². The normalized spacial score (nSPS) is 17.4.